The Labute approximate surface area is 140 Å². The number of methoxy groups -OCH3 is 1. The first kappa shape index (κ1) is 16.1. The normalized spacial score (nSPS) is 10.8. The highest BCUT2D eigenvalue weighted by Gasteiger charge is 2.07. The Bertz CT molecular complexity index is 855. The summed E-state index contributed by atoms with van der Waals surface area (Å²) in [7, 11) is 1.64. The van der Waals surface area contributed by atoms with Crippen molar-refractivity contribution in [1.82, 2.24) is 10.3 Å². The van der Waals surface area contributed by atoms with Gasteiger partial charge in [0.25, 0.3) is 0 Å². The molecule has 124 valence electrons. The molecular formula is C19H20N2O3. The number of nitrogens with one attached hydrogen (secondary N) is 1. The van der Waals surface area contributed by atoms with Gasteiger partial charge < -0.3 is 14.5 Å². The molecule has 0 radical (unpaired) electrons. The summed E-state index contributed by atoms with van der Waals surface area (Å²) in [5.41, 5.74) is 3.60. The number of aromatic nitrogens is 1. The molecule has 3 aromatic rings. The average molecular weight is 324 g/mol. The van der Waals surface area contributed by atoms with E-state index in [1.54, 1.807) is 7.11 Å². The summed E-state index contributed by atoms with van der Waals surface area (Å²) in [4.78, 5) is 16.3. The van der Waals surface area contributed by atoms with Crippen molar-refractivity contribution in [3.63, 3.8) is 0 Å². The zero-order valence-corrected chi connectivity index (χ0v) is 13.8. The number of benzene rings is 2. The molecule has 5 nitrogen and oxygen atoms in total. The van der Waals surface area contributed by atoms with E-state index in [0.29, 0.717) is 25.3 Å². The molecule has 1 heterocycles. The number of hydrogen-bond donors (Lipinski definition) is 1. The molecule has 3 rings (SSSR count). The molecule has 0 bridgehead atoms. The van der Waals surface area contributed by atoms with Crippen LogP contribution in [0.15, 0.2) is 46.9 Å². The highest BCUT2D eigenvalue weighted by Crippen LogP contribution is 2.19. The van der Waals surface area contributed by atoms with Crippen molar-refractivity contribution in [2.24, 2.45) is 0 Å². The maximum absolute atomic E-state index is 12.1. The van der Waals surface area contributed by atoms with Crippen LogP contribution in [-0.2, 0) is 17.8 Å². The van der Waals surface area contributed by atoms with Gasteiger partial charge in [-0.3, -0.25) is 4.79 Å². The van der Waals surface area contributed by atoms with Crippen molar-refractivity contribution < 1.29 is 13.9 Å². The summed E-state index contributed by atoms with van der Waals surface area (Å²) < 4.78 is 10.8. The second-order valence-electron chi connectivity index (χ2n) is 5.62. The smallest absolute Gasteiger partial charge is 0.220 e. The summed E-state index contributed by atoms with van der Waals surface area (Å²) >= 11 is 0. The Balaban J connectivity index is 1.54. The van der Waals surface area contributed by atoms with E-state index in [2.05, 4.69) is 10.3 Å². The summed E-state index contributed by atoms with van der Waals surface area (Å²) in [5.74, 6) is 1.47. The number of nitrogens with zero attached hydrogens (tertiary/aromatic N) is 1. The summed E-state index contributed by atoms with van der Waals surface area (Å²) in [6.07, 6.45) is 1.07. The quantitative estimate of drug-likeness (QED) is 0.755. The van der Waals surface area contributed by atoms with Crippen LogP contribution in [0.4, 0.5) is 0 Å². The third kappa shape index (κ3) is 3.74. The highest BCUT2D eigenvalue weighted by atomic mass is 16.5. The zero-order chi connectivity index (χ0) is 16.9. The number of oxazole rings is 1. The lowest BCUT2D eigenvalue weighted by atomic mass is 10.1. The van der Waals surface area contributed by atoms with Crippen LogP contribution in [0.2, 0.25) is 0 Å². The van der Waals surface area contributed by atoms with Gasteiger partial charge in [-0.1, -0.05) is 24.3 Å². The van der Waals surface area contributed by atoms with E-state index in [4.69, 9.17) is 9.15 Å². The Kier molecular flexibility index (Phi) is 4.79. The third-order valence-electron chi connectivity index (χ3n) is 3.86. The Hall–Kier alpha value is -2.82. The largest absolute Gasteiger partial charge is 0.496 e. The minimum atomic E-state index is 0.00903. The van der Waals surface area contributed by atoms with E-state index < -0.39 is 0 Å². The van der Waals surface area contributed by atoms with Crippen LogP contribution in [0.5, 0.6) is 5.75 Å². The third-order valence-corrected chi connectivity index (χ3v) is 3.86. The van der Waals surface area contributed by atoms with Crippen molar-refractivity contribution >= 4 is 17.0 Å². The fourth-order valence-electron chi connectivity index (χ4n) is 2.64. The Morgan fingerprint density at radius 2 is 2.08 bits per heavy atom. The molecule has 0 aliphatic rings. The van der Waals surface area contributed by atoms with Crippen LogP contribution in [0.25, 0.3) is 11.1 Å². The molecule has 1 amide bonds. The number of aryl methyl sites for hydroxylation is 2. The fraction of sp³-hybridized carbons (Fsp3) is 0.263. The maximum Gasteiger partial charge on any atom is 0.220 e. The van der Waals surface area contributed by atoms with E-state index >= 15 is 0 Å². The minimum Gasteiger partial charge on any atom is -0.496 e. The predicted octanol–water partition coefficient (Wildman–Crippen LogP) is 3.39. The maximum atomic E-state index is 12.1. The molecule has 0 fully saturated rings. The highest BCUT2D eigenvalue weighted by molar-refractivity contribution is 5.77. The molecule has 5 heteroatoms. The molecule has 0 saturated heterocycles. The molecule has 24 heavy (non-hydrogen) atoms. The first-order valence-corrected chi connectivity index (χ1v) is 7.90. The van der Waals surface area contributed by atoms with Gasteiger partial charge in [0.15, 0.2) is 11.5 Å². The number of carbonyl (C=O) groups is 1. The molecule has 0 saturated carbocycles. The molecular weight excluding hydrogens is 304 g/mol. The van der Waals surface area contributed by atoms with Crippen molar-refractivity contribution in [3.05, 3.63) is 59.5 Å². The Morgan fingerprint density at radius 3 is 2.92 bits per heavy atom. The van der Waals surface area contributed by atoms with E-state index in [9.17, 15) is 4.79 Å². The van der Waals surface area contributed by atoms with Crippen molar-refractivity contribution in [3.8, 4) is 5.75 Å². The molecule has 0 atom stereocenters. The number of para-hydroxylation sites is 1. The SMILES string of the molecule is COc1ccccc1CCC(=O)NCc1ccc2nc(C)oc2c1. The topological polar surface area (TPSA) is 64.4 Å². The van der Waals surface area contributed by atoms with Crippen LogP contribution >= 0.6 is 0 Å². The van der Waals surface area contributed by atoms with Crippen LogP contribution in [0, 0.1) is 6.92 Å². The molecule has 2 aromatic carbocycles. The number of rotatable bonds is 6. The van der Waals surface area contributed by atoms with Crippen molar-refractivity contribution in [2.75, 3.05) is 7.11 Å². The standard InChI is InChI=1S/C19H20N2O3/c1-13-21-16-9-7-14(11-18(16)24-13)12-20-19(22)10-8-15-5-3-4-6-17(15)23-2/h3-7,9,11H,8,10,12H2,1-2H3,(H,20,22). The molecule has 0 spiro atoms. The Morgan fingerprint density at radius 1 is 1.25 bits per heavy atom. The van der Waals surface area contributed by atoms with Gasteiger partial charge >= 0.3 is 0 Å². The van der Waals surface area contributed by atoms with Gasteiger partial charge in [-0.2, -0.15) is 0 Å². The zero-order valence-electron chi connectivity index (χ0n) is 13.8. The summed E-state index contributed by atoms with van der Waals surface area (Å²) in [6, 6.07) is 13.5. The summed E-state index contributed by atoms with van der Waals surface area (Å²) in [6.45, 7) is 2.29. The molecule has 1 N–H and O–H groups in total. The lowest BCUT2D eigenvalue weighted by Gasteiger charge is -2.08. The van der Waals surface area contributed by atoms with Gasteiger partial charge in [0.1, 0.15) is 11.3 Å². The van der Waals surface area contributed by atoms with Crippen LogP contribution < -0.4 is 10.1 Å². The number of hydrogen-bond acceptors (Lipinski definition) is 4. The molecule has 0 aliphatic carbocycles. The number of ether oxygens (including phenoxy) is 1. The first-order valence-electron chi connectivity index (χ1n) is 7.90. The number of amides is 1. The van der Waals surface area contributed by atoms with Gasteiger partial charge in [-0.25, -0.2) is 4.98 Å². The van der Waals surface area contributed by atoms with E-state index in [0.717, 1.165) is 28.0 Å². The molecule has 1 aromatic heterocycles. The van der Waals surface area contributed by atoms with Gasteiger partial charge in [0, 0.05) is 19.9 Å². The lowest BCUT2D eigenvalue weighted by molar-refractivity contribution is -0.121. The van der Waals surface area contributed by atoms with Gasteiger partial charge in [0.05, 0.1) is 7.11 Å². The van der Waals surface area contributed by atoms with Crippen LogP contribution in [-0.4, -0.2) is 18.0 Å². The van der Waals surface area contributed by atoms with E-state index in [1.165, 1.54) is 0 Å². The van der Waals surface area contributed by atoms with Crippen molar-refractivity contribution in [2.45, 2.75) is 26.3 Å². The molecule has 0 aliphatic heterocycles. The fourth-order valence-corrected chi connectivity index (χ4v) is 2.64. The average Bonchev–Trinajstić information content (AvgIpc) is 2.97. The number of carbonyl (C=O) groups excluding carboxylic acids is 1. The lowest BCUT2D eigenvalue weighted by Crippen LogP contribution is -2.23. The first-order chi connectivity index (χ1) is 11.7. The van der Waals surface area contributed by atoms with E-state index in [-0.39, 0.29) is 5.91 Å². The van der Waals surface area contributed by atoms with Gasteiger partial charge in [-0.05, 0) is 35.7 Å². The second kappa shape index (κ2) is 7.17. The molecule has 0 unspecified atom stereocenters. The minimum absolute atomic E-state index is 0.00903. The van der Waals surface area contributed by atoms with Crippen LogP contribution in [0.3, 0.4) is 0 Å². The predicted molar refractivity (Wildman–Crippen MR) is 91.9 cm³/mol. The van der Waals surface area contributed by atoms with Gasteiger partial charge in [0.2, 0.25) is 5.91 Å². The van der Waals surface area contributed by atoms with Crippen molar-refractivity contribution in [1.29, 1.82) is 0 Å². The summed E-state index contributed by atoms with van der Waals surface area (Å²) in [5, 5.41) is 2.94. The monoisotopic (exact) mass is 324 g/mol. The van der Waals surface area contributed by atoms with Crippen LogP contribution in [0.1, 0.15) is 23.4 Å². The van der Waals surface area contributed by atoms with Gasteiger partial charge in [-0.15, -0.1) is 0 Å². The number of fused-ring (bicyclic) bond motifs is 1. The second-order valence-corrected chi connectivity index (χ2v) is 5.62. The van der Waals surface area contributed by atoms with E-state index in [1.807, 2.05) is 49.4 Å².